The summed E-state index contributed by atoms with van der Waals surface area (Å²) in [6.45, 7) is 4.49. The van der Waals surface area contributed by atoms with E-state index in [9.17, 15) is 9.90 Å². The Kier molecular flexibility index (Phi) is 4.97. The first-order valence-electron chi connectivity index (χ1n) is 5.53. The van der Waals surface area contributed by atoms with Crippen LogP contribution in [0.3, 0.4) is 0 Å². The number of hydrogen-bond acceptors (Lipinski definition) is 4. The molecule has 17 heavy (non-hydrogen) atoms. The second kappa shape index (κ2) is 6.25. The Morgan fingerprint density at radius 1 is 1.41 bits per heavy atom. The Hall–Kier alpha value is -1.55. The van der Waals surface area contributed by atoms with Crippen molar-refractivity contribution in [3.05, 3.63) is 29.3 Å². The van der Waals surface area contributed by atoms with Gasteiger partial charge in [-0.15, -0.1) is 0 Å². The van der Waals surface area contributed by atoms with E-state index >= 15 is 0 Å². The number of aliphatic hydroxyl groups excluding tert-OH is 1. The zero-order valence-corrected chi connectivity index (χ0v) is 10.4. The summed E-state index contributed by atoms with van der Waals surface area (Å²) in [5, 5.41) is 9.23. The van der Waals surface area contributed by atoms with Crippen LogP contribution in [0.15, 0.2) is 18.2 Å². The molecule has 1 aromatic carbocycles. The second-order valence-corrected chi connectivity index (χ2v) is 4.18. The van der Waals surface area contributed by atoms with E-state index in [1.807, 2.05) is 13.8 Å². The van der Waals surface area contributed by atoms with Crippen LogP contribution in [0, 0.1) is 5.92 Å². The summed E-state index contributed by atoms with van der Waals surface area (Å²) in [7, 11) is 1.32. The van der Waals surface area contributed by atoms with E-state index in [1.165, 1.54) is 7.11 Å². The minimum absolute atomic E-state index is 0.168. The molecule has 0 saturated heterocycles. The summed E-state index contributed by atoms with van der Waals surface area (Å²) in [6.07, 6.45) is 0. The van der Waals surface area contributed by atoms with Gasteiger partial charge in [-0.3, -0.25) is 0 Å². The molecule has 4 heteroatoms. The molecule has 0 bridgehead atoms. The molecule has 0 aliphatic rings. The Morgan fingerprint density at radius 2 is 2.12 bits per heavy atom. The molecule has 0 saturated carbocycles. The van der Waals surface area contributed by atoms with Crippen LogP contribution >= 0.6 is 0 Å². The molecule has 0 radical (unpaired) electrons. The lowest BCUT2D eigenvalue weighted by molar-refractivity contribution is 0.0600. The molecule has 0 heterocycles. The summed E-state index contributed by atoms with van der Waals surface area (Å²) in [4.78, 5) is 11.3. The Balaban J connectivity index is 2.89. The van der Waals surface area contributed by atoms with Gasteiger partial charge in [0.25, 0.3) is 0 Å². The van der Waals surface area contributed by atoms with Gasteiger partial charge in [-0.25, -0.2) is 4.79 Å². The number of carbonyl (C=O) groups is 1. The lowest BCUT2D eigenvalue weighted by Crippen LogP contribution is -2.08. The van der Waals surface area contributed by atoms with Crippen LogP contribution in [-0.4, -0.2) is 24.8 Å². The predicted octanol–water partition coefficient (Wildman–Crippen LogP) is 2.00. The maximum atomic E-state index is 11.3. The highest BCUT2D eigenvalue weighted by Gasteiger charge is 2.10. The molecule has 0 atom stereocenters. The highest BCUT2D eigenvalue weighted by Crippen LogP contribution is 2.21. The quantitative estimate of drug-likeness (QED) is 0.797. The molecule has 1 N–H and O–H groups in total. The molecule has 0 aliphatic carbocycles. The van der Waals surface area contributed by atoms with Crippen molar-refractivity contribution in [1.82, 2.24) is 0 Å². The topological polar surface area (TPSA) is 55.8 Å². The molecule has 0 unspecified atom stereocenters. The molecule has 1 aromatic rings. The summed E-state index contributed by atoms with van der Waals surface area (Å²) in [6, 6.07) is 4.89. The monoisotopic (exact) mass is 238 g/mol. The average molecular weight is 238 g/mol. The van der Waals surface area contributed by atoms with Gasteiger partial charge in [-0.05, 0) is 24.1 Å². The van der Waals surface area contributed by atoms with Crippen LogP contribution in [0.4, 0.5) is 0 Å². The van der Waals surface area contributed by atoms with E-state index in [0.29, 0.717) is 29.4 Å². The number of esters is 1. The van der Waals surface area contributed by atoms with Crippen LogP contribution in [0.5, 0.6) is 5.75 Å². The second-order valence-electron chi connectivity index (χ2n) is 4.18. The van der Waals surface area contributed by atoms with Crippen molar-refractivity contribution in [2.75, 3.05) is 13.7 Å². The largest absolute Gasteiger partial charge is 0.493 e. The van der Waals surface area contributed by atoms with E-state index in [0.717, 1.165) is 0 Å². The van der Waals surface area contributed by atoms with Gasteiger partial charge in [0, 0.05) is 5.56 Å². The third-order valence-electron chi connectivity index (χ3n) is 2.22. The average Bonchev–Trinajstić information content (AvgIpc) is 2.34. The number of benzene rings is 1. The van der Waals surface area contributed by atoms with Crippen molar-refractivity contribution in [2.24, 2.45) is 5.92 Å². The molecule has 4 nitrogen and oxygen atoms in total. The molecule has 0 aromatic heterocycles. The van der Waals surface area contributed by atoms with Crippen LogP contribution in [0.25, 0.3) is 0 Å². The molecule has 0 spiro atoms. The fourth-order valence-electron chi connectivity index (χ4n) is 1.35. The van der Waals surface area contributed by atoms with Gasteiger partial charge < -0.3 is 14.6 Å². The fraction of sp³-hybridized carbons (Fsp3) is 0.462. The van der Waals surface area contributed by atoms with E-state index in [1.54, 1.807) is 18.2 Å². The van der Waals surface area contributed by atoms with Gasteiger partial charge >= 0.3 is 5.97 Å². The van der Waals surface area contributed by atoms with Crippen LogP contribution in [0.2, 0.25) is 0 Å². The summed E-state index contributed by atoms with van der Waals surface area (Å²) in [5.74, 6) is 0.589. The Bertz CT molecular complexity index is 385. The number of hydrogen-bond donors (Lipinski definition) is 1. The minimum Gasteiger partial charge on any atom is -0.493 e. The molecule has 0 fully saturated rings. The summed E-state index contributed by atoms with van der Waals surface area (Å²) < 4.78 is 10.2. The van der Waals surface area contributed by atoms with Gasteiger partial charge in [-0.2, -0.15) is 0 Å². The zero-order valence-electron chi connectivity index (χ0n) is 10.4. The summed E-state index contributed by atoms with van der Waals surface area (Å²) in [5.41, 5.74) is 1.00. The summed E-state index contributed by atoms with van der Waals surface area (Å²) >= 11 is 0. The van der Waals surface area contributed by atoms with Crippen LogP contribution in [0.1, 0.15) is 29.8 Å². The number of carbonyl (C=O) groups excluding carboxylic acids is 1. The molecule has 94 valence electrons. The Labute approximate surface area is 101 Å². The Morgan fingerprint density at radius 3 is 2.65 bits per heavy atom. The smallest absolute Gasteiger partial charge is 0.337 e. The first-order valence-corrected chi connectivity index (χ1v) is 5.53. The number of ether oxygens (including phenoxy) is 2. The van der Waals surface area contributed by atoms with Crippen molar-refractivity contribution < 1.29 is 19.4 Å². The molecule has 1 rings (SSSR count). The van der Waals surface area contributed by atoms with Gasteiger partial charge in [0.15, 0.2) is 0 Å². The number of rotatable bonds is 5. The van der Waals surface area contributed by atoms with Crippen molar-refractivity contribution in [1.29, 1.82) is 0 Å². The maximum Gasteiger partial charge on any atom is 0.337 e. The number of methoxy groups -OCH3 is 1. The normalized spacial score (nSPS) is 10.4. The third-order valence-corrected chi connectivity index (χ3v) is 2.22. The molecular formula is C13H18O4. The van der Waals surface area contributed by atoms with E-state index in [2.05, 4.69) is 4.74 Å². The van der Waals surface area contributed by atoms with E-state index in [4.69, 9.17) is 4.74 Å². The van der Waals surface area contributed by atoms with Crippen LogP contribution in [-0.2, 0) is 11.3 Å². The zero-order chi connectivity index (χ0) is 12.8. The highest BCUT2D eigenvalue weighted by molar-refractivity contribution is 5.89. The van der Waals surface area contributed by atoms with Crippen LogP contribution < -0.4 is 4.74 Å². The van der Waals surface area contributed by atoms with Crippen molar-refractivity contribution in [2.45, 2.75) is 20.5 Å². The first-order chi connectivity index (χ1) is 8.08. The lowest BCUT2D eigenvalue weighted by Gasteiger charge is -2.12. The first kappa shape index (κ1) is 13.5. The lowest BCUT2D eigenvalue weighted by atomic mass is 10.1. The standard InChI is InChI=1S/C13H18O4/c1-9(2)8-17-12-5-4-10(13(15)16-3)6-11(12)7-14/h4-6,9,14H,7-8H2,1-3H3. The highest BCUT2D eigenvalue weighted by atomic mass is 16.5. The van der Waals surface area contributed by atoms with Crippen molar-refractivity contribution in [3.8, 4) is 5.75 Å². The fourth-order valence-corrected chi connectivity index (χ4v) is 1.35. The molecular weight excluding hydrogens is 220 g/mol. The maximum absolute atomic E-state index is 11.3. The van der Waals surface area contributed by atoms with Gasteiger partial charge in [0.2, 0.25) is 0 Å². The van der Waals surface area contributed by atoms with Gasteiger partial charge in [-0.1, -0.05) is 13.8 Å². The third kappa shape index (κ3) is 3.75. The van der Waals surface area contributed by atoms with Crippen molar-refractivity contribution >= 4 is 5.97 Å². The number of aliphatic hydroxyl groups is 1. The van der Waals surface area contributed by atoms with Gasteiger partial charge in [0.1, 0.15) is 5.75 Å². The van der Waals surface area contributed by atoms with E-state index < -0.39 is 5.97 Å². The SMILES string of the molecule is COC(=O)c1ccc(OCC(C)C)c(CO)c1. The predicted molar refractivity (Wildman–Crippen MR) is 64.0 cm³/mol. The molecule has 0 aliphatic heterocycles. The van der Waals surface area contributed by atoms with E-state index in [-0.39, 0.29) is 6.61 Å². The van der Waals surface area contributed by atoms with Gasteiger partial charge in [0.05, 0.1) is 25.9 Å². The molecule has 0 amide bonds. The minimum atomic E-state index is -0.421. The van der Waals surface area contributed by atoms with Crippen molar-refractivity contribution in [3.63, 3.8) is 0 Å².